The second-order valence-corrected chi connectivity index (χ2v) is 4.39. The molecule has 2 N–H and O–H groups in total. The van der Waals surface area contributed by atoms with Crippen LogP contribution in [-0.2, 0) is 0 Å². The summed E-state index contributed by atoms with van der Waals surface area (Å²) in [6, 6.07) is 1.96. The molecule has 1 heterocycles. The fraction of sp³-hybridized carbons (Fsp3) is 0.556. The van der Waals surface area contributed by atoms with E-state index < -0.39 is 0 Å². The fourth-order valence-electron chi connectivity index (χ4n) is 0.996. The van der Waals surface area contributed by atoms with Crippen LogP contribution in [0.25, 0.3) is 0 Å². The van der Waals surface area contributed by atoms with Crippen LogP contribution in [0.15, 0.2) is 0 Å². The molecule has 0 fully saturated rings. The maximum atomic E-state index is 9.31. The highest BCUT2D eigenvalue weighted by atomic mass is 35.5. The van der Waals surface area contributed by atoms with Gasteiger partial charge >= 0.3 is 0 Å². The summed E-state index contributed by atoms with van der Waals surface area (Å²) >= 11 is 6.92. The molecule has 0 radical (unpaired) electrons. The number of hydrogen-bond donors (Lipinski definition) is 2. The van der Waals surface area contributed by atoms with Gasteiger partial charge in [0.1, 0.15) is 10.9 Å². The first-order valence-electron chi connectivity index (χ1n) is 4.65. The van der Waals surface area contributed by atoms with Crippen LogP contribution in [0.2, 0.25) is 5.15 Å². The van der Waals surface area contributed by atoms with E-state index >= 15 is 0 Å². The van der Waals surface area contributed by atoms with Gasteiger partial charge < -0.3 is 10.4 Å². The Labute approximate surface area is 97.5 Å². The highest BCUT2D eigenvalue weighted by molar-refractivity contribution is 7.16. The van der Waals surface area contributed by atoms with Crippen molar-refractivity contribution in [2.24, 2.45) is 0 Å². The topological polar surface area (TPSA) is 68.9 Å². The van der Waals surface area contributed by atoms with E-state index in [0.717, 1.165) is 6.42 Å². The van der Waals surface area contributed by atoms with Crippen molar-refractivity contribution in [2.75, 3.05) is 11.9 Å². The summed E-state index contributed by atoms with van der Waals surface area (Å²) in [5.74, 6) is 0. The van der Waals surface area contributed by atoms with Crippen LogP contribution >= 0.6 is 22.9 Å². The Morgan fingerprint density at radius 3 is 3.00 bits per heavy atom. The van der Waals surface area contributed by atoms with E-state index in [4.69, 9.17) is 16.9 Å². The number of thiazole rings is 1. The minimum atomic E-state index is -0.289. The Kier molecular flexibility index (Phi) is 4.82. The van der Waals surface area contributed by atoms with Crippen LogP contribution < -0.4 is 5.32 Å². The monoisotopic (exact) mass is 245 g/mol. The van der Waals surface area contributed by atoms with Crippen molar-refractivity contribution >= 4 is 28.1 Å². The Bertz CT molecular complexity index is 361. The number of nitriles is 1. The van der Waals surface area contributed by atoms with Crippen LogP contribution in [-0.4, -0.2) is 22.7 Å². The van der Waals surface area contributed by atoms with Crippen molar-refractivity contribution in [3.63, 3.8) is 0 Å². The molecule has 0 aliphatic heterocycles. The number of nitrogens with one attached hydrogen (secondary N) is 1. The first-order valence-corrected chi connectivity index (χ1v) is 5.85. The number of hydrogen-bond acceptors (Lipinski definition) is 5. The summed E-state index contributed by atoms with van der Waals surface area (Å²) in [7, 11) is 0. The zero-order valence-corrected chi connectivity index (χ0v) is 9.90. The first kappa shape index (κ1) is 12.2. The van der Waals surface area contributed by atoms with E-state index in [-0.39, 0.29) is 11.3 Å². The zero-order valence-electron chi connectivity index (χ0n) is 8.33. The normalized spacial score (nSPS) is 12.1. The molecule has 4 nitrogen and oxygen atoms in total. The van der Waals surface area contributed by atoms with E-state index in [9.17, 15) is 5.11 Å². The molecule has 0 amide bonds. The molecule has 0 saturated heterocycles. The predicted octanol–water partition coefficient (Wildman–Crippen LogP) is 2.24. The molecule has 82 valence electrons. The molecule has 6 heteroatoms. The van der Waals surface area contributed by atoms with Gasteiger partial charge in [-0.05, 0) is 12.8 Å². The number of rotatable bonds is 5. The van der Waals surface area contributed by atoms with Gasteiger partial charge in [-0.25, -0.2) is 4.98 Å². The Balaban J connectivity index is 2.42. The maximum absolute atomic E-state index is 9.31. The molecule has 1 aromatic heterocycles. The summed E-state index contributed by atoms with van der Waals surface area (Å²) in [6.45, 7) is 2.56. The molecular weight excluding hydrogens is 234 g/mol. The molecule has 0 bridgehead atoms. The van der Waals surface area contributed by atoms with Crippen LogP contribution in [0.1, 0.15) is 24.6 Å². The van der Waals surface area contributed by atoms with Crippen molar-refractivity contribution in [3.8, 4) is 6.07 Å². The Hall–Kier alpha value is -0.830. The second kappa shape index (κ2) is 5.91. The molecular formula is C9H12ClN3OS. The SMILES string of the molecule is CCC(O)CCNc1nc(Cl)c(C#N)s1. The highest BCUT2D eigenvalue weighted by Gasteiger charge is 2.08. The molecule has 1 atom stereocenters. The van der Waals surface area contributed by atoms with Gasteiger partial charge in [0, 0.05) is 6.54 Å². The van der Waals surface area contributed by atoms with Gasteiger partial charge in [-0.15, -0.1) is 0 Å². The average molecular weight is 246 g/mol. The highest BCUT2D eigenvalue weighted by Crippen LogP contribution is 2.25. The Morgan fingerprint density at radius 1 is 1.73 bits per heavy atom. The van der Waals surface area contributed by atoms with Gasteiger partial charge in [-0.1, -0.05) is 29.9 Å². The minimum Gasteiger partial charge on any atom is -0.393 e. The molecule has 1 rings (SSSR count). The molecule has 0 aliphatic carbocycles. The van der Waals surface area contributed by atoms with Crippen LogP contribution in [0, 0.1) is 11.3 Å². The third-order valence-electron chi connectivity index (χ3n) is 1.91. The first-order chi connectivity index (χ1) is 7.17. The lowest BCUT2D eigenvalue weighted by Gasteiger charge is -2.06. The number of halogens is 1. The van der Waals surface area contributed by atoms with Crippen molar-refractivity contribution in [1.29, 1.82) is 5.26 Å². The van der Waals surface area contributed by atoms with Gasteiger partial charge in [0.25, 0.3) is 0 Å². The van der Waals surface area contributed by atoms with E-state index in [2.05, 4.69) is 10.3 Å². The smallest absolute Gasteiger partial charge is 0.185 e. The number of aromatic nitrogens is 1. The zero-order chi connectivity index (χ0) is 11.3. The van der Waals surface area contributed by atoms with Crippen molar-refractivity contribution in [3.05, 3.63) is 10.0 Å². The number of aliphatic hydroxyl groups excluding tert-OH is 1. The quantitative estimate of drug-likeness (QED) is 0.835. The predicted molar refractivity (Wildman–Crippen MR) is 61.2 cm³/mol. The lowest BCUT2D eigenvalue weighted by molar-refractivity contribution is 0.164. The van der Waals surface area contributed by atoms with E-state index in [0.29, 0.717) is 23.0 Å². The third kappa shape index (κ3) is 3.67. The number of nitrogens with zero attached hydrogens (tertiary/aromatic N) is 2. The summed E-state index contributed by atoms with van der Waals surface area (Å²) in [6.07, 6.45) is 1.11. The van der Waals surface area contributed by atoms with Crippen molar-refractivity contribution < 1.29 is 5.11 Å². The summed E-state index contributed by atoms with van der Waals surface area (Å²) in [4.78, 5) is 4.39. The summed E-state index contributed by atoms with van der Waals surface area (Å²) in [5, 5.41) is 21.8. The molecule has 1 unspecified atom stereocenters. The Morgan fingerprint density at radius 2 is 2.47 bits per heavy atom. The molecule has 0 aromatic carbocycles. The van der Waals surface area contributed by atoms with Gasteiger partial charge in [0.2, 0.25) is 0 Å². The molecule has 15 heavy (non-hydrogen) atoms. The van der Waals surface area contributed by atoms with Crippen molar-refractivity contribution in [2.45, 2.75) is 25.9 Å². The van der Waals surface area contributed by atoms with Crippen LogP contribution in [0.3, 0.4) is 0 Å². The van der Waals surface area contributed by atoms with Crippen LogP contribution in [0.5, 0.6) is 0 Å². The number of aliphatic hydroxyl groups is 1. The second-order valence-electron chi connectivity index (χ2n) is 3.03. The van der Waals surface area contributed by atoms with Gasteiger partial charge in [-0.3, -0.25) is 0 Å². The number of anilines is 1. The maximum Gasteiger partial charge on any atom is 0.185 e. The lowest BCUT2D eigenvalue weighted by Crippen LogP contribution is -2.11. The molecule has 0 saturated carbocycles. The average Bonchev–Trinajstić information content (AvgIpc) is 2.58. The van der Waals surface area contributed by atoms with E-state index in [1.54, 1.807) is 0 Å². The summed E-state index contributed by atoms with van der Waals surface area (Å²) < 4.78 is 0. The van der Waals surface area contributed by atoms with Gasteiger partial charge in [0.15, 0.2) is 10.3 Å². The lowest BCUT2D eigenvalue weighted by atomic mass is 10.2. The van der Waals surface area contributed by atoms with E-state index in [1.165, 1.54) is 11.3 Å². The molecule has 0 spiro atoms. The third-order valence-corrected chi connectivity index (χ3v) is 3.22. The standard InChI is InChI=1S/C9H12ClN3OS/c1-2-6(14)3-4-12-9-13-8(10)7(5-11)15-9/h6,14H,2-4H2,1H3,(H,12,13). The minimum absolute atomic E-state index is 0.237. The van der Waals surface area contributed by atoms with E-state index in [1.807, 2.05) is 13.0 Å². The molecule has 1 aromatic rings. The summed E-state index contributed by atoms with van der Waals surface area (Å²) in [5.41, 5.74) is 0. The largest absolute Gasteiger partial charge is 0.393 e. The van der Waals surface area contributed by atoms with Crippen LogP contribution in [0.4, 0.5) is 5.13 Å². The fourth-order valence-corrected chi connectivity index (χ4v) is 1.97. The van der Waals surface area contributed by atoms with Gasteiger partial charge in [-0.2, -0.15) is 5.26 Å². The van der Waals surface area contributed by atoms with Crippen molar-refractivity contribution in [1.82, 2.24) is 4.98 Å². The molecule has 0 aliphatic rings. The van der Waals surface area contributed by atoms with Gasteiger partial charge in [0.05, 0.1) is 6.10 Å².